The first-order valence-corrected chi connectivity index (χ1v) is 8.88. The average molecular weight is 389 g/mol. The lowest BCUT2D eigenvalue weighted by Gasteiger charge is -2.31. The third-order valence-electron chi connectivity index (χ3n) is 4.29. The number of pyridine rings is 1. The van der Waals surface area contributed by atoms with Crippen LogP contribution >= 0.6 is 15.9 Å². The van der Waals surface area contributed by atoms with Gasteiger partial charge in [-0.05, 0) is 71.7 Å². The molecule has 0 spiro atoms. The second-order valence-electron chi connectivity index (χ2n) is 6.15. The molecule has 0 atom stereocenters. The molecular weight excluding hydrogens is 368 g/mol. The van der Waals surface area contributed by atoms with Crippen LogP contribution in [0.5, 0.6) is 0 Å². The van der Waals surface area contributed by atoms with Crippen LogP contribution in [0.3, 0.4) is 0 Å². The summed E-state index contributed by atoms with van der Waals surface area (Å²) in [4.78, 5) is 18.9. The van der Waals surface area contributed by atoms with Gasteiger partial charge in [-0.3, -0.25) is 9.69 Å². The Morgan fingerprint density at radius 2 is 2.08 bits per heavy atom. The molecule has 3 rings (SSSR count). The second kappa shape index (κ2) is 7.77. The molecule has 0 aliphatic carbocycles. The highest BCUT2D eigenvalue weighted by molar-refractivity contribution is 9.10. The van der Waals surface area contributed by atoms with Gasteiger partial charge >= 0.3 is 0 Å². The van der Waals surface area contributed by atoms with Crippen LogP contribution in [-0.4, -0.2) is 28.9 Å². The molecule has 3 N–H and O–H groups in total. The zero-order valence-corrected chi connectivity index (χ0v) is 15.0. The molecule has 24 heavy (non-hydrogen) atoms. The van der Waals surface area contributed by atoms with Crippen molar-refractivity contribution in [3.8, 4) is 0 Å². The van der Waals surface area contributed by atoms with Crippen LogP contribution in [0.25, 0.3) is 0 Å². The number of anilines is 2. The van der Waals surface area contributed by atoms with Crippen LogP contribution in [0.1, 0.15) is 18.4 Å². The molecule has 1 fully saturated rings. The van der Waals surface area contributed by atoms with Gasteiger partial charge < -0.3 is 11.1 Å². The van der Waals surface area contributed by atoms with Crippen molar-refractivity contribution in [1.29, 1.82) is 0 Å². The number of nitrogens with one attached hydrogen (secondary N) is 1. The summed E-state index contributed by atoms with van der Waals surface area (Å²) in [5, 5.41) is 2.90. The van der Waals surface area contributed by atoms with Crippen molar-refractivity contribution in [2.24, 2.45) is 5.92 Å². The molecule has 6 heteroatoms. The molecule has 126 valence electrons. The van der Waals surface area contributed by atoms with Crippen molar-refractivity contribution in [2.75, 3.05) is 24.1 Å². The van der Waals surface area contributed by atoms with Crippen LogP contribution < -0.4 is 11.1 Å². The maximum Gasteiger partial charge on any atom is 0.228 e. The molecule has 0 unspecified atom stereocenters. The first-order valence-electron chi connectivity index (χ1n) is 8.09. The van der Waals surface area contributed by atoms with Crippen LogP contribution in [0.4, 0.5) is 11.5 Å². The fourth-order valence-corrected chi connectivity index (χ4v) is 3.22. The number of nitrogen functional groups attached to an aromatic ring is 1. The number of likely N-dealkylation sites (tertiary alicyclic amines) is 1. The average Bonchev–Trinajstić information content (AvgIpc) is 2.57. The largest absolute Gasteiger partial charge is 0.399 e. The molecular formula is C18H21BrN4O. The Labute approximate surface area is 150 Å². The molecule has 0 bridgehead atoms. The van der Waals surface area contributed by atoms with Crippen LogP contribution in [0, 0.1) is 5.92 Å². The minimum atomic E-state index is 0.0486. The zero-order valence-electron chi connectivity index (χ0n) is 13.4. The van der Waals surface area contributed by atoms with Gasteiger partial charge in [0.25, 0.3) is 0 Å². The van der Waals surface area contributed by atoms with E-state index >= 15 is 0 Å². The number of nitrogens with two attached hydrogens (primary N) is 1. The van der Waals surface area contributed by atoms with E-state index < -0.39 is 0 Å². The van der Waals surface area contributed by atoms with Crippen LogP contribution in [0.15, 0.2) is 47.1 Å². The van der Waals surface area contributed by atoms with E-state index in [-0.39, 0.29) is 11.8 Å². The third kappa shape index (κ3) is 4.55. The fourth-order valence-electron chi connectivity index (χ4n) is 2.98. The first kappa shape index (κ1) is 16.9. The highest BCUT2D eigenvalue weighted by atomic mass is 79.9. The first-order chi connectivity index (χ1) is 11.6. The molecule has 1 amide bonds. The number of nitrogens with zero attached hydrogens (tertiary/aromatic N) is 2. The lowest BCUT2D eigenvalue weighted by atomic mass is 9.95. The van der Waals surface area contributed by atoms with E-state index in [9.17, 15) is 4.79 Å². The van der Waals surface area contributed by atoms with Gasteiger partial charge in [-0.2, -0.15) is 0 Å². The molecule has 0 saturated carbocycles. The number of hydrogen-bond donors (Lipinski definition) is 2. The Morgan fingerprint density at radius 1 is 1.29 bits per heavy atom. The van der Waals surface area contributed by atoms with Gasteiger partial charge in [0.05, 0.1) is 0 Å². The van der Waals surface area contributed by atoms with Crippen molar-refractivity contribution in [3.05, 3.63) is 52.6 Å². The van der Waals surface area contributed by atoms with E-state index in [0.29, 0.717) is 5.82 Å². The maximum atomic E-state index is 12.4. The number of amides is 1. The van der Waals surface area contributed by atoms with E-state index in [4.69, 9.17) is 5.73 Å². The van der Waals surface area contributed by atoms with Gasteiger partial charge in [0.2, 0.25) is 5.91 Å². The molecule has 1 aliphatic heterocycles. The summed E-state index contributed by atoms with van der Waals surface area (Å²) in [5.74, 6) is 0.714. The number of carbonyl (C=O) groups is 1. The zero-order chi connectivity index (χ0) is 16.9. The summed E-state index contributed by atoms with van der Waals surface area (Å²) in [6, 6.07) is 11.7. The summed E-state index contributed by atoms with van der Waals surface area (Å²) in [6.45, 7) is 2.72. The number of rotatable bonds is 4. The smallest absolute Gasteiger partial charge is 0.228 e. The van der Waals surface area contributed by atoms with Gasteiger partial charge in [0, 0.05) is 28.8 Å². The van der Waals surface area contributed by atoms with Crippen LogP contribution in [-0.2, 0) is 11.3 Å². The predicted molar refractivity (Wildman–Crippen MR) is 99.4 cm³/mol. The number of hydrogen-bond acceptors (Lipinski definition) is 4. The number of aromatic nitrogens is 1. The van der Waals surface area contributed by atoms with Gasteiger partial charge in [0.1, 0.15) is 5.82 Å². The topological polar surface area (TPSA) is 71.2 Å². The summed E-state index contributed by atoms with van der Waals surface area (Å²) < 4.78 is 0.898. The molecule has 0 radical (unpaired) electrons. The Kier molecular flexibility index (Phi) is 5.48. The quantitative estimate of drug-likeness (QED) is 0.788. The molecule has 1 aliphatic rings. The molecule has 1 aromatic heterocycles. The van der Waals surface area contributed by atoms with Crippen molar-refractivity contribution in [3.63, 3.8) is 0 Å². The number of piperidine rings is 1. The minimum Gasteiger partial charge on any atom is -0.399 e. The van der Waals surface area contributed by atoms with Gasteiger partial charge in [0.15, 0.2) is 0 Å². The third-order valence-corrected chi connectivity index (χ3v) is 4.76. The minimum absolute atomic E-state index is 0.0486. The Balaban J connectivity index is 1.49. The van der Waals surface area contributed by atoms with Crippen LogP contribution in [0.2, 0.25) is 0 Å². The lowest BCUT2D eigenvalue weighted by Crippen LogP contribution is -2.37. The molecule has 1 saturated heterocycles. The molecule has 2 heterocycles. The van der Waals surface area contributed by atoms with Crippen molar-refractivity contribution < 1.29 is 4.79 Å². The van der Waals surface area contributed by atoms with Gasteiger partial charge in [-0.1, -0.05) is 12.1 Å². The van der Waals surface area contributed by atoms with Crippen molar-refractivity contribution in [1.82, 2.24) is 9.88 Å². The summed E-state index contributed by atoms with van der Waals surface area (Å²) in [7, 11) is 0. The summed E-state index contributed by atoms with van der Waals surface area (Å²) >= 11 is 3.34. The van der Waals surface area contributed by atoms with Gasteiger partial charge in [-0.25, -0.2) is 4.98 Å². The second-order valence-corrected chi connectivity index (χ2v) is 7.06. The fraction of sp³-hybridized carbons (Fsp3) is 0.333. The van der Waals surface area contributed by atoms with Gasteiger partial charge in [-0.15, -0.1) is 0 Å². The Morgan fingerprint density at radius 3 is 2.75 bits per heavy atom. The SMILES string of the molecule is Nc1cccc(CN2CCC(C(=O)Nc3ccc(Br)cn3)CC2)c1. The Hall–Kier alpha value is -1.92. The predicted octanol–water partition coefficient (Wildman–Crippen LogP) is 3.28. The van der Waals surface area contributed by atoms with E-state index in [0.717, 1.165) is 42.6 Å². The lowest BCUT2D eigenvalue weighted by molar-refractivity contribution is -0.121. The van der Waals surface area contributed by atoms with E-state index in [1.165, 1.54) is 5.56 Å². The number of carbonyl (C=O) groups excluding carboxylic acids is 1. The van der Waals surface area contributed by atoms with E-state index in [1.807, 2.05) is 24.3 Å². The highest BCUT2D eigenvalue weighted by Crippen LogP contribution is 2.21. The normalized spacial score (nSPS) is 16.0. The summed E-state index contributed by atoms with van der Waals surface area (Å²) in [6.07, 6.45) is 3.42. The monoisotopic (exact) mass is 388 g/mol. The van der Waals surface area contributed by atoms with E-state index in [1.54, 1.807) is 12.3 Å². The number of benzene rings is 1. The maximum absolute atomic E-state index is 12.4. The van der Waals surface area contributed by atoms with Crippen molar-refractivity contribution >= 4 is 33.3 Å². The molecule has 1 aromatic carbocycles. The molecule has 2 aromatic rings. The van der Waals surface area contributed by atoms with E-state index in [2.05, 4.69) is 37.2 Å². The number of halogens is 1. The molecule has 5 nitrogen and oxygen atoms in total. The summed E-state index contributed by atoms with van der Waals surface area (Å²) in [5.41, 5.74) is 7.84. The van der Waals surface area contributed by atoms with Crippen molar-refractivity contribution in [2.45, 2.75) is 19.4 Å². The highest BCUT2D eigenvalue weighted by Gasteiger charge is 2.25. The Bertz CT molecular complexity index is 696. The standard InChI is InChI=1S/C18H21BrN4O/c19-15-4-5-17(21-11-15)22-18(24)14-6-8-23(9-7-14)12-13-2-1-3-16(20)10-13/h1-5,10-11,14H,6-9,12,20H2,(H,21,22,24).